The molecule has 29 N–H and O–H groups in total. The molecule has 1 aliphatic rings. The number of guanidine groups is 1. The Hall–Kier alpha value is -7.40. The number of hydrogen-bond acceptors (Lipinski definition) is 20. The number of rotatable bonds is 44. The van der Waals surface area contributed by atoms with Crippen LogP contribution in [0.2, 0.25) is 0 Å². The number of unbranched alkanes of at least 4 members (excludes halogenated alkanes) is 4. The summed E-state index contributed by atoms with van der Waals surface area (Å²) in [7, 11) is 0. The van der Waals surface area contributed by atoms with Gasteiger partial charge in [-0.3, -0.25) is 52.9 Å². The maximum absolute atomic E-state index is 14.5. The second-order valence-electron chi connectivity index (χ2n) is 20.9. The van der Waals surface area contributed by atoms with Gasteiger partial charge in [0.25, 0.3) is 5.91 Å². The Balaban J connectivity index is 2.35. The molecule has 0 spiro atoms. The van der Waals surface area contributed by atoms with E-state index in [0.29, 0.717) is 96.1 Å². The number of nitrogens with two attached hydrogens (primary N) is 9. The van der Waals surface area contributed by atoms with E-state index in [1.165, 1.54) is 30.4 Å². The zero-order valence-electron chi connectivity index (χ0n) is 49.6. The van der Waals surface area contributed by atoms with Crippen LogP contribution in [0.1, 0.15) is 115 Å². The van der Waals surface area contributed by atoms with Crippen molar-refractivity contribution in [3.05, 3.63) is 30.0 Å². The van der Waals surface area contributed by atoms with Gasteiger partial charge in [0.2, 0.25) is 53.2 Å². The lowest BCUT2D eigenvalue weighted by Crippen LogP contribution is -2.60. The van der Waals surface area contributed by atoms with Gasteiger partial charge in [0.15, 0.2) is 5.96 Å². The molecule has 9 atom stereocenters. The Kier molecular flexibility index (Phi) is 36.8. The Morgan fingerprint density at radius 1 is 0.686 bits per heavy atom. The van der Waals surface area contributed by atoms with E-state index in [9.17, 15) is 53.1 Å². The molecule has 1 aliphatic heterocycles. The zero-order chi connectivity index (χ0) is 64.0. The predicted molar refractivity (Wildman–Crippen MR) is 320 cm³/mol. The number of carbonyl (C=O) groups excluding carboxylic acids is 10. The summed E-state index contributed by atoms with van der Waals surface area (Å²) in [5.74, 6) is -7.90. The van der Waals surface area contributed by atoms with Crippen LogP contribution in [-0.4, -0.2) is 205 Å². The highest BCUT2D eigenvalue weighted by molar-refractivity contribution is 6.02. The number of hydrogen-bond donors (Lipinski definition) is 20. The number of carbonyl (C=O) groups is 10. The number of likely N-dealkylation sites (tertiary alicyclic amines) is 1. The molecule has 2 rings (SSSR count). The molecule has 86 heavy (non-hydrogen) atoms. The van der Waals surface area contributed by atoms with Crippen molar-refractivity contribution < 1.29 is 53.1 Å². The fraction of sp³-hybridized carbons (Fsp3) is 0.698. The van der Waals surface area contributed by atoms with Crippen LogP contribution in [0.3, 0.4) is 0 Å². The van der Waals surface area contributed by atoms with Crippen LogP contribution in [0.4, 0.5) is 0 Å². The molecule has 33 nitrogen and oxygen atoms in total. The monoisotopic (exact) mass is 1220 g/mol. The number of aliphatic imine (C=N–C) groups is 1. The summed E-state index contributed by atoms with van der Waals surface area (Å²) < 4.78 is 0. The van der Waals surface area contributed by atoms with Crippen molar-refractivity contribution in [1.82, 2.24) is 62.7 Å². The molecule has 2 heterocycles. The highest BCUT2D eigenvalue weighted by atomic mass is 16.3. The maximum atomic E-state index is 14.5. The standard InChI is InChI=1S/C53H98N22O11/c1-32(68-45(79)34(60)13-2-5-19-54)44(78)74-43(41(76)28-59)51(85)66-30-42(77)69-38(16-10-23-58)52(86)75-26-12-18-40(75)50(84)73-39(27-33-29-63-31-67-33)49(83)72-36(15-4-7-21-56)47(81)71-37(17-11-25-65-53(61)62)48(82)70-35(14-3-6-20-55)46(80)64-24-9-8-22-57/h17,29,31-32,34-36,38-41,43,76H,2-16,18-28,30,54-60H2,1H3,(H,63,67)(H,64,80)(H,66,85)(H,68,79)(H,69,77)(H,70,82)(H,71,81)(H,72,83)(H,73,84)(H,74,78)(H4,61,62,65)/b37-17-/t32-,34-,35-,36-,38+,39-,40-,41-,43-/m0/s1. The van der Waals surface area contributed by atoms with E-state index >= 15 is 0 Å². The molecule has 0 saturated carbocycles. The lowest BCUT2D eigenvalue weighted by molar-refractivity contribution is -0.142. The molecule has 0 aromatic carbocycles. The third-order valence-electron chi connectivity index (χ3n) is 13.8. The molecule has 1 aromatic rings. The number of aromatic amines is 1. The number of aromatic nitrogens is 2. The topological polar surface area (TPSA) is 578 Å². The lowest BCUT2D eigenvalue weighted by atomic mass is 10.0. The second kappa shape index (κ2) is 42.4. The normalized spacial score (nSPS) is 15.9. The summed E-state index contributed by atoms with van der Waals surface area (Å²) in [6, 6.07) is -9.94. The SMILES string of the molecule is C[C@H](NC(=O)[C@@H](N)CCCCN)C(=O)N[C@H](C(=O)NCC(=O)N[C@H](CCCN)C(=O)N1CCC[C@H]1C(=O)N[C@@H](Cc1cnc[nH]1)C(=O)N[C@@H](CCCCN)C(=O)N/C(=C\CCN=C(N)N)C(=O)N[C@@H](CCCCN)C(=O)NCCCCN)[C@@H](O)CN. The quantitative estimate of drug-likeness (QED) is 0.0125. The van der Waals surface area contributed by atoms with Gasteiger partial charge in [0.05, 0.1) is 25.0 Å². The zero-order valence-corrected chi connectivity index (χ0v) is 49.6. The Morgan fingerprint density at radius 2 is 1.30 bits per heavy atom. The van der Waals surface area contributed by atoms with E-state index in [2.05, 4.69) is 62.8 Å². The average Bonchev–Trinajstić information content (AvgIpc) is 3.15. The number of H-pyrrole nitrogens is 1. The number of imidazole rings is 1. The van der Waals surface area contributed by atoms with Crippen LogP contribution in [0.25, 0.3) is 0 Å². The Bertz CT molecular complexity index is 2340. The van der Waals surface area contributed by atoms with Gasteiger partial charge >= 0.3 is 0 Å². The van der Waals surface area contributed by atoms with E-state index in [-0.39, 0.29) is 82.8 Å². The summed E-state index contributed by atoms with van der Waals surface area (Å²) in [6.07, 6.45) is 8.15. The van der Waals surface area contributed by atoms with E-state index in [1.807, 2.05) is 0 Å². The van der Waals surface area contributed by atoms with Crippen molar-refractivity contribution in [1.29, 1.82) is 0 Å². The molecule has 33 heteroatoms. The molecular formula is C53H98N22O11. The molecular weight excluding hydrogens is 1120 g/mol. The van der Waals surface area contributed by atoms with Crippen molar-refractivity contribution in [3.63, 3.8) is 0 Å². The Labute approximate surface area is 501 Å². The first kappa shape index (κ1) is 74.7. The average molecular weight is 1220 g/mol. The van der Waals surface area contributed by atoms with Crippen LogP contribution < -0.4 is 99.5 Å². The highest BCUT2D eigenvalue weighted by Crippen LogP contribution is 2.21. The number of amides is 10. The van der Waals surface area contributed by atoms with Gasteiger partial charge in [0.1, 0.15) is 48.0 Å². The summed E-state index contributed by atoms with van der Waals surface area (Å²) in [5, 5.41) is 33.9. The molecule has 0 aliphatic carbocycles. The first-order chi connectivity index (χ1) is 41.2. The predicted octanol–water partition coefficient (Wildman–Crippen LogP) is -7.72. The van der Waals surface area contributed by atoms with Gasteiger partial charge < -0.3 is 114 Å². The second-order valence-corrected chi connectivity index (χ2v) is 20.9. The fourth-order valence-corrected chi connectivity index (χ4v) is 8.93. The van der Waals surface area contributed by atoms with Crippen molar-refractivity contribution >= 4 is 65.0 Å². The fourth-order valence-electron chi connectivity index (χ4n) is 8.93. The minimum Gasteiger partial charge on any atom is -0.389 e. The Morgan fingerprint density at radius 3 is 1.91 bits per heavy atom. The first-order valence-corrected chi connectivity index (χ1v) is 29.5. The molecule has 486 valence electrons. The van der Waals surface area contributed by atoms with Gasteiger partial charge in [0, 0.05) is 44.5 Å². The first-order valence-electron chi connectivity index (χ1n) is 29.5. The minimum absolute atomic E-state index is 0.0122. The van der Waals surface area contributed by atoms with Crippen LogP contribution >= 0.6 is 0 Å². The van der Waals surface area contributed by atoms with E-state index < -0.39 is 127 Å². The molecule has 0 bridgehead atoms. The van der Waals surface area contributed by atoms with Crippen molar-refractivity contribution in [2.75, 3.05) is 65.4 Å². The van der Waals surface area contributed by atoms with E-state index in [1.54, 1.807) is 0 Å². The van der Waals surface area contributed by atoms with Gasteiger partial charge in [-0.15, -0.1) is 0 Å². The van der Waals surface area contributed by atoms with Crippen LogP contribution in [0, 0.1) is 0 Å². The van der Waals surface area contributed by atoms with Crippen LogP contribution in [0.5, 0.6) is 0 Å². The maximum Gasteiger partial charge on any atom is 0.268 e. The highest BCUT2D eigenvalue weighted by Gasteiger charge is 2.40. The van der Waals surface area contributed by atoms with Gasteiger partial charge in [-0.2, -0.15) is 0 Å². The molecule has 1 saturated heterocycles. The number of nitrogens with one attached hydrogen (secondary N) is 10. The molecule has 0 unspecified atom stereocenters. The van der Waals surface area contributed by atoms with Crippen LogP contribution in [-0.2, 0) is 54.4 Å². The smallest absolute Gasteiger partial charge is 0.268 e. The molecule has 1 aromatic heterocycles. The summed E-state index contributed by atoms with van der Waals surface area (Å²) in [4.78, 5) is 150. The number of aliphatic hydroxyl groups excluding tert-OH is 1. The number of aliphatic hydroxyl groups is 1. The van der Waals surface area contributed by atoms with Crippen molar-refractivity contribution in [3.8, 4) is 0 Å². The van der Waals surface area contributed by atoms with Crippen LogP contribution in [0.15, 0.2) is 29.3 Å². The van der Waals surface area contributed by atoms with Crippen molar-refractivity contribution in [2.24, 2.45) is 56.6 Å². The third-order valence-corrected chi connectivity index (χ3v) is 13.8. The van der Waals surface area contributed by atoms with Crippen molar-refractivity contribution in [2.45, 2.75) is 171 Å². The molecule has 1 fully saturated rings. The minimum atomic E-state index is -1.68. The summed E-state index contributed by atoms with van der Waals surface area (Å²) >= 11 is 0. The van der Waals surface area contributed by atoms with Gasteiger partial charge in [-0.05, 0) is 136 Å². The van der Waals surface area contributed by atoms with Gasteiger partial charge in [-0.1, -0.05) is 12.5 Å². The summed E-state index contributed by atoms with van der Waals surface area (Å²) in [5.41, 5.74) is 51.2. The largest absolute Gasteiger partial charge is 0.389 e. The third kappa shape index (κ3) is 28.2. The summed E-state index contributed by atoms with van der Waals surface area (Å²) in [6.45, 7) is 2.11. The molecule has 0 radical (unpaired) electrons. The lowest BCUT2D eigenvalue weighted by Gasteiger charge is -2.30. The van der Waals surface area contributed by atoms with Gasteiger partial charge in [-0.25, -0.2) is 4.98 Å². The number of nitrogens with zero attached hydrogens (tertiary/aromatic N) is 3. The molecule has 10 amide bonds. The van der Waals surface area contributed by atoms with E-state index in [4.69, 9.17) is 51.6 Å². The van der Waals surface area contributed by atoms with E-state index in [0.717, 1.165) is 0 Å².